The zero-order valence-corrected chi connectivity index (χ0v) is 13.3. The molecule has 0 amide bonds. The molecule has 3 rings (SSSR count). The van der Waals surface area contributed by atoms with E-state index in [1.165, 1.54) is 12.8 Å². The van der Waals surface area contributed by atoms with Crippen LogP contribution in [0.2, 0.25) is 0 Å². The van der Waals surface area contributed by atoms with Crippen LogP contribution in [0.3, 0.4) is 0 Å². The summed E-state index contributed by atoms with van der Waals surface area (Å²) in [4.78, 5) is 18.0. The van der Waals surface area contributed by atoms with Crippen LogP contribution in [-0.2, 0) is 0 Å². The van der Waals surface area contributed by atoms with Crippen molar-refractivity contribution in [1.29, 1.82) is 0 Å². The van der Waals surface area contributed by atoms with E-state index in [1.807, 2.05) is 12.1 Å². The molecule has 0 unspecified atom stereocenters. The van der Waals surface area contributed by atoms with Crippen molar-refractivity contribution in [2.24, 2.45) is 0 Å². The average Bonchev–Trinajstić information content (AvgIpc) is 3.09. The highest BCUT2D eigenvalue weighted by Crippen LogP contribution is 2.34. The van der Waals surface area contributed by atoms with Crippen molar-refractivity contribution in [3.8, 4) is 11.5 Å². The fourth-order valence-corrected chi connectivity index (χ4v) is 2.64. The van der Waals surface area contributed by atoms with Crippen LogP contribution in [0.15, 0.2) is 30.6 Å². The van der Waals surface area contributed by atoms with E-state index in [1.54, 1.807) is 13.2 Å². The van der Waals surface area contributed by atoms with Crippen molar-refractivity contribution in [1.82, 2.24) is 9.97 Å². The van der Waals surface area contributed by atoms with E-state index in [-0.39, 0.29) is 17.7 Å². The van der Waals surface area contributed by atoms with Crippen molar-refractivity contribution < 1.29 is 14.4 Å². The average molecular weight is 330 g/mol. The molecule has 1 aromatic carbocycles. The first-order chi connectivity index (χ1) is 11.7. The summed E-state index contributed by atoms with van der Waals surface area (Å²) < 4.78 is 11.4. The number of hydrogen-bond donors (Lipinski definition) is 1. The van der Waals surface area contributed by atoms with Gasteiger partial charge in [-0.15, -0.1) is 0 Å². The van der Waals surface area contributed by atoms with Crippen LogP contribution in [0.5, 0.6) is 11.5 Å². The van der Waals surface area contributed by atoms with Gasteiger partial charge in [0.1, 0.15) is 12.4 Å². The van der Waals surface area contributed by atoms with Crippen molar-refractivity contribution in [3.63, 3.8) is 0 Å². The van der Waals surface area contributed by atoms with Gasteiger partial charge in [-0.3, -0.25) is 10.1 Å². The van der Waals surface area contributed by atoms with Gasteiger partial charge in [-0.05, 0) is 37.8 Å². The Morgan fingerprint density at radius 3 is 2.54 bits per heavy atom. The van der Waals surface area contributed by atoms with Gasteiger partial charge in [0, 0.05) is 11.8 Å². The maximum atomic E-state index is 10.6. The van der Waals surface area contributed by atoms with Gasteiger partial charge in [0.25, 0.3) is 0 Å². The molecule has 2 aromatic rings. The minimum Gasteiger partial charge on any atom is -0.493 e. The predicted molar refractivity (Wildman–Crippen MR) is 87.8 cm³/mol. The monoisotopic (exact) mass is 330 g/mol. The van der Waals surface area contributed by atoms with E-state index in [0.717, 1.165) is 30.9 Å². The second kappa shape index (κ2) is 7.12. The van der Waals surface area contributed by atoms with Gasteiger partial charge < -0.3 is 14.8 Å². The summed E-state index contributed by atoms with van der Waals surface area (Å²) in [5, 5.41) is 13.6. The minimum absolute atomic E-state index is 0.152. The number of anilines is 2. The number of nitro groups is 1. The molecule has 1 N–H and O–H groups in total. The zero-order valence-electron chi connectivity index (χ0n) is 13.3. The summed E-state index contributed by atoms with van der Waals surface area (Å²) in [5.41, 5.74) is 0.568. The smallest absolute Gasteiger partial charge is 0.305 e. The second-order valence-corrected chi connectivity index (χ2v) is 5.54. The highest BCUT2D eigenvalue weighted by atomic mass is 16.6. The molecule has 1 aromatic heterocycles. The molecule has 0 bridgehead atoms. The maximum absolute atomic E-state index is 10.6. The molecule has 1 heterocycles. The van der Waals surface area contributed by atoms with E-state index in [4.69, 9.17) is 9.47 Å². The summed E-state index contributed by atoms with van der Waals surface area (Å²) in [6.45, 7) is 0. The summed E-state index contributed by atoms with van der Waals surface area (Å²) in [5.74, 6) is 1.60. The molecule has 0 radical (unpaired) electrons. The lowest BCUT2D eigenvalue weighted by molar-refractivity contribution is -0.385. The molecular weight excluding hydrogens is 312 g/mol. The first kappa shape index (κ1) is 16.0. The Bertz CT molecular complexity index is 715. The van der Waals surface area contributed by atoms with Crippen LogP contribution in [0.25, 0.3) is 0 Å². The van der Waals surface area contributed by atoms with Gasteiger partial charge in [-0.2, -0.15) is 0 Å². The van der Waals surface area contributed by atoms with Crippen LogP contribution in [0.1, 0.15) is 25.7 Å². The molecule has 0 spiro atoms. The molecule has 8 nitrogen and oxygen atoms in total. The fourth-order valence-electron chi connectivity index (χ4n) is 2.64. The Morgan fingerprint density at radius 2 is 1.92 bits per heavy atom. The summed E-state index contributed by atoms with van der Waals surface area (Å²) in [6, 6.07) is 5.44. The molecule has 1 fully saturated rings. The summed E-state index contributed by atoms with van der Waals surface area (Å²) >= 11 is 0. The number of methoxy groups -OCH3 is 1. The highest BCUT2D eigenvalue weighted by molar-refractivity contribution is 5.59. The highest BCUT2D eigenvalue weighted by Gasteiger charge is 2.18. The summed E-state index contributed by atoms with van der Waals surface area (Å²) in [7, 11) is 1.60. The number of nitrogens with zero attached hydrogens (tertiary/aromatic N) is 3. The third kappa shape index (κ3) is 3.70. The standard InChI is InChI=1S/C16H18N4O4/c1-23-14-7-6-11(8-15(14)24-13-4-2-3-5-13)19-16-17-9-12(10-18-16)20(21)22/h6-10,13H,2-5H2,1H3,(H,17,18,19). The van der Waals surface area contributed by atoms with Crippen molar-refractivity contribution in [2.75, 3.05) is 12.4 Å². The van der Waals surface area contributed by atoms with Gasteiger partial charge in [-0.1, -0.05) is 0 Å². The normalized spacial score (nSPS) is 14.4. The lowest BCUT2D eigenvalue weighted by Gasteiger charge is -2.17. The minimum atomic E-state index is -0.537. The van der Waals surface area contributed by atoms with Gasteiger partial charge in [0.05, 0.1) is 18.1 Å². The predicted octanol–water partition coefficient (Wildman–Crippen LogP) is 3.46. The number of aromatic nitrogens is 2. The fraction of sp³-hybridized carbons (Fsp3) is 0.375. The molecule has 24 heavy (non-hydrogen) atoms. The van der Waals surface area contributed by atoms with Gasteiger partial charge in [0.2, 0.25) is 5.95 Å². The third-order valence-corrected chi connectivity index (χ3v) is 3.86. The Hall–Kier alpha value is -2.90. The number of benzene rings is 1. The molecule has 1 aliphatic rings. The molecule has 0 aliphatic heterocycles. The first-order valence-electron chi connectivity index (χ1n) is 7.74. The van der Waals surface area contributed by atoms with E-state index in [2.05, 4.69) is 15.3 Å². The molecule has 1 saturated carbocycles. The quantitative estimate of drug-likeness (QED) is 0.639. The largest absolute Gasteiger partial charge is 0.493 e. The van der Waals surface area contributed by atoms with Crippen molar-refractivity contribution >= 4 is 17.3 Å². The lowest BCUT2D eigenvalue weighted by atomic mass is 10.2. The Labute approximate surface area is 139 Å². The van der Waals surface area contributed by atoms with Gasteiger partial charge in [-0.25, -0.2) is 9.97 Å². The topological polar surface area (TPSA) is 99.4 Å². The lowest BCUT2D eigenvalue weighted by Crippen LogP contribution is -2.11. The molecular formula is C16H18N4O4. The number of hydrogen-bond acceptors (Lipinski definition) is 7. The van der Waals surface area contributed by atoms with Crippen molar-refractivity contribution in [2.45, 2.75) is 31.8 Å². The maximum Gasteiger partial charge on any atom is 0.305 e. The molecule has 126 valence electrons. The molecule has 0 atom stereocenters. The number of rotatable bonds is 6. The van der Waals surface area contributed by atoms with Crippen LogP contribution < -0.4 is 14.8 Å². The zero-order chi connectivity index (χ0) is 16.9. The number of nitrogens with one attached hydrogen (secondary N) is 1. The van der Waals surface area contributed by atoms with Crippen LogP contribution in [-0.4, -0.2) is 28.1 Å². The molecule has 0 saturated heterocycles. The Balaban J connectivity index is 1.76. The van der Waals surface area contributed by atoms with E-state index < -0.39 is 4.92 Å². The van der Waals surface area contributed by atoms with Gasteiger partial charge >= 0.3 is 5.69 Å². The van der Waals surface area contributed by atoms with Crippen LogP contribution >= 0.6 is 0 Å². The van der Waals surface area contributed by atoms with E-state index in [9.17, 15) is 10.1 Å². The Kier molecular flexibility index (Phi) is 4.74. The third-order valence-electron chi connectivity index (χ3n) is 3.86. The van der Waals surface area contributed by atoms with Crippen LogP contribution in [0.4, 0.5) is 17.3 Å². The van der Waals surface area contributed by atoms with Crippen LogP contribution in [0, 0.1) is 10.1 Å². The first-order valence-corrected chi connectivity index (χ1v) is 7.74. The molecule has 8 heteroatoms. The molecule has 1 aliphatic carbocycles. The van der Waals surface area contributed by atoms with E-state index >= 15 is 0 Å². The second-order valence-electron chi connectivity index (χ2n) is 5.54. The Morgan fingerprint density at radius 1 is 1.21 bits per heavy atom. The SMILES string of the molecule is COc1ccc(Nc2ncc([N+](=O)[O-])cn2)cc1OC1CCCC1. The van der Waals surface area contributed by atoms with E-state index in [0.29, 0.717) is 11.5 Å². The summed E-state index contributed by atoms with van der Waals surface area (Å²) in [6.07, 6.45) is 7.00. The number of ether oxygens (including phenoxy) is 2. The van der Waals surface area contributed by atoms with Gasteiger partial charge in [0.15, 0.2) is 11.5 Å². The van der Waals surface area contributed by atoms with Crippen molar-refractivity contribution in [3.05, 3.63) is 40.7 Å².